The Labute approximate surface area is 91.5 Å². The molecule has 0 aromatic rings. The average molecular weight is 212 g/mol. The predicted octanol–water partition coefficient (Wildman–Crippen LogP) is 2.36. The van der Waals surface area contributed by atoms with E-state index in [4.69, 9.17) is 0 Å². The third kappa shape index (κ3) is 3.18. The second-order valence-electron chi connectivity index (χ2n) is 4.74. The Morgan fingerprint density at radius 3 is 1.73 bits per heavy atom. The summed E-state index contributed by atoms with van der Waals surface area (Å²) in [6.07, 6.45) is 3.69. The molecule has 0 bridgehead atoms. The van der Waals surface area contributed by atoms with Crippen LogP contribution in [0.25, 0.3) is 0 Å². The van der Waals surface area contributed by atoms with Crippen molar-refractivity contribution in [2.45, 2.75) is 34.6 Å². The maximum atomic E-state index is 11.2. The zero-order valence-electron chi connectivity index (χ0n) is 10.4. The molecular formula is C12H20O3. The van der Waals surface area contributed by atoms with Crippen molar-refractivity contribution in [1.82, 2.24) is 0 Å². The second-order valence-corrected chi connectivity index (χ2v) is 4.74. The molecule has 15 heavy (non-hydrogen) atoms. The first-order valence-corrected chi connectivity index (χ1v) is 4.93. The number of ether oxygens (including phenoxy) is 1. The number of esters is 1. The van der Waals surface area contributed by atoms with Crippen LogP contribution in [0.5, 0.6) is 0 Å². The van der Waals surface area contributed by atoms with Gasteiger partial charge in [-0.2, -0.15) is 0 Å². The summed E-state index contributed by atoms with van der Waals surface area (Å²) in [4.78, 5) is 20.8. The highest BCUT2D eigenvalue weighted by molar-refractivity contribution is 5.97. The van der Waals surface area contributed by atoms with Crippen LogP contribution in [0.4, 0.5) is 0 Å². The smallest absolute Gasteiger partial charge is 0.302 e. The fourth-order valence-electron chi connectivity index (χ4n) is 1.02. The van der Waals surface area contributed by atoms with E-state index in [1.54, 1.807) is 6.08 Å². The highest BCUT2D eigenvalue weighted by Gasteiger charge is 2.43. The maximum Gasteiger partial charge on any atom is 0.302 e. The zero-order chi connectivity index (χ0) is 12.3. The van der Waals surface area contributed by atoms with E-state index in [9.17, 15) is 9.59 Å². The lowest BCUT2D eigenvalue weighted by Crippen LogP contribution is -2.32. The molecule has 1 rings (SSSR count). The normalized spacial score (nSPS) is 20.5. The molecule has 0 atom stereocenters. The molecule has 0 fully saturated rings. The van der Waals surface area contributed by atoms with Gasteiger partial charge < -0.3 is 4.74 Å². The van der Waals surface area contributed by atoms with E-state index in [0.717, 1.165) is 0 Å². The van der Waals surface area contributed by atoms with Crippen LogP contribution in [-0.4, -0.2) is 18.9 Å². The summed E-state index contributed by atoms with van der Waals surface area (Å²) in [6.45, 7) is 9.54. The van der Waals surface area contributed by atoms with Gasteiger partial charge in [-0.3, -0.25) is 9.59 Å². The van der Waals surface area contributed by atoms with Crippen LogP contribution in [0.2, 0.25) is 0 Å². The van der Waals surface area contributed by atoms with Crippen LogP contribution in [0.15, 0.2) is 12.2 Å². The van der Waals surface area contributed by atoms with E-state index in [0.29, 0.717) is 0 Å². The summed E-state index contributed by atoms with van der Waals surface area (Å²) in [5, 5.41) is 0. The van der Waals surface area contributed by atoms with Crippen LogP contribution in [0, 0.1) is 10.8 Å². The van der Waals surface area contributed by atoms with E-state index >= 15 is 0 Å². The van der Waals surface area contributed by atoms with Gasteiger partial charge in [0.05, 0.1) is 7.11 Å². The lowest BCUT2D eigenvalue weighted by atomic mass is 9.70. The lowest BCUT2D eigenvalue weighted by molar-refractivity contribution is -0.138. The Morgan fingerprint density at radius 2 is 1.67 bits per heavy atom. The topological polar surface area (TPSA) is 43.4 Å². The summed E-state index contributed by atoms with van der Waals surface area (Å²) >= 11 is 0. The van der Waals surface area contributed by atoms with Gasteiger partial charge >= 0.3 is 5.97 Å². The molecule has 0 amide bonds. The van der Waals surface area contributed by atoms with Crippen molar-refractivity contribution in [3.05, 3.63) is 12.2 Å². The van der Waals surface area contributed by atoms with Crippen molar-refractivity contribution < 1.29 is 14.3 Å². The highest BCUT2D eigenvalue weighted by Crippen LogP contribution is 2.44. The average Bonchev–Trinajstić information content (AvgIpc) is 2.30. The minimum absolute atomic E-state index is 0.0318. The van der Waals surface area contributed by atoms with Gasteiger partial charge in [-0.1, -0.05) is 33.8 Å². The molecule has 3 nitrogen and oxygen atoms in total. The van der Waals surface area contributed by atoms with Crippen molar-refractivity contribution in [2.24, 2.45) is 10.8 Å². The second kappa shape index (κ2) is 4.60. The first kappa shape index (κ1) is 13.9. The van der Waals surface area contributed by atoms with Gasteiger partial charge in [0, 0.05) is 12.3 Å². The molecule has 0 heterocycles. The van der Waals surface area contributed by atoms with E-state index in [-0.39, 0.29) is 22.6 Å². The molecule has 1 aliphatic carbocycles. The molecule has 0 N–H and O–H groups in total. The van der Waals surface area contributed by atoms with Crippen LogP contribution in [0.1, 0.15) is 34.6 Å². The van der Waals surface area contributed by atoms with Crippen LogP contribution in [-0.2, 0) is 14.3 Å². The molecule has 3 heteroatoms. The largest absolute Gasteiger partial charge is 0.469 e. The van der Waals surface area contributed by atoms with Crippen molar-refractivity contribution in [3.8, 4) is 0 Å². The molecule has 0 aromatic heterocycles. The Morgan fingerprint density at radius 1 is 1.27 bits per heavy atom. The van der Waals surface area contributed by atoms with Gasteiger partial charge in [-0.15, -0.1) is 0 Å². The van der Waals surface area contributed by atoms with Gasteiger partial charge in [0.2, 0.25) is 0 Å². The molecule has 0 unspecified atom stereocenters. The highest BCUT2D eigenvalue weighted by atomic mass is 16.5. The Hall–Kier alpha value is -1.12. The number of methoxy groups -OCH3 is 1. The summed E-state index contributed by atoms with van der Waals surface area (Å²) in [7, 11) is 1.35. The zero-order valence-corrected chi connectivity index (χ0v) is 10.4. The number of rotatable bonds is 0. The molecule has 86 valence electrons. The molecule has 0 spiro atoms. The molecular weight excluding hydrogens is 192 g/mol. The molecule has 0 saturated heterocycles. The molecule has 0 aliphatic heterocycles. The predicted molar refractivity (Wildman–Crippen MR) is 59.4 cm³/mol. The summed E-state index contributed by atoms with van der Waals surface area (Å²) in [6, 6.07) is 0. The van der Waals surface area contributed by atoms with Crippen LogP contribution >= 0.6 is 0 Å². The molecule has 1 aliphatic rings. The van der Waals surface area contributed by atoms with Crippen molar-refractivity contribution in [1.29, 1.82) is 0 Å². The standard InChI is InChI=1S/C9H14O.C3H6O2/c1-8(2)6-5-7(10)9(8,3)4;1-3(4)5-2/h5-6H,1-4H3;1-2H3. The number of allylic oxidation sites excluding steroid dienone is 2. The maximum absolute atomic E-state index is 11.2. The summed E-state index contributed by atoms with van der Waals surface area (Å²) in [5.41, 5.74) is -0.170. The minimum atomic E-state index is -0.245. The van der Waals surface area contributed by atoms with Gasteiger partial charge in [-0.25, -0.2) is 0 Å². The number of hydrogen-bond acceptors (Lipinski definition) is 3. The van der Waals surface area contributed by atoms with Crippen molar-refractivity contribution >= 4 is 11.8 Å². The Balaban J connectivity index is 0.000000336. The Bertz CT molecular complexity index is 285. The quantitative estimate of drug-likeness (QED) is 0.579. The van der Waals surface area contributed by atoms with Crippen LogP contribution < -0.4 is 0 Å². The van der Waals surface area contributed by atoms with Crippen LogP contribution in [0.3, 0.4) is 0 Å². The molecule has 0 radical (unpaired) electrons. The third-order valence-electron chi connectivity index (χ3n) is 3.17. The number of carbonyl (C=O) groups excluding carboxylic acids is 2. The van der Waals surface area contributed by atoms with Gasteiger partial charge in [-0.05, 0) is 11.5 Å². The minimum Gasteiger partial charge on any atom is -0.469 e. The van der Waals surface area contributed by atoms with E-state index < -0.39 is 0 Å². The van der Waals surface area contributed by atoms with Crippen molar-refractivity contribution in [2.75, 3.05) is 7.11 Å². The van der Waals surface area contributed by atoms with E-state index in [1.165, 1.54) is 14.0 Å². The fourth-order valence-corrected chi connectivity index (χ4v) is 1.02. The molecule has 0 saturated carbocycles. The summed E-state index contributed by atoms with van der Waals surface area (Å²) in [5.74, 6) is 0.00231. The lowest BCUT2D eigenvalue weighted by Gasteiger charge is -2.32. The third-order valence-corrected chi connectivity index (χ3v) is 3.17. The number of ketones is 1. The van der Waals surface area contributed by atoms with Gasteiger partial charge in [0.25, 0.3) is 0 Å². The fraction of sp³-hybridized carbons (Fsp3) is 0.667. The monoisotopic (exact) mass is 212 g/mol. The van der Waals surface area contributed by atoms with E-state index in [1.807, 2.05) is 19.9 Å². The summed E-state index contributed by atoms with van der Waals surface area (Å²) < 4.78 is 4.11. The number of hydrogen-bond donors (Lipinski definition) is 0. The number of carbonyl (C=O) groups is 2. The van der Waals surface area contributed by atoms with Gasteiger partial charge in [0.1, 0.15) is 0 Å². The first-order valence-electron chi connectivity index (χ1n) is 4.93. The van der Waals surface area contributed by atoms with E-state index in [2.05, 4.69) is 18.6 Å². The SMILES string of the molecule is CC1(C)C=CC(=O)C1(C)C.COC(C)=O. The molecule has 0 aromatic carbocycles. The Kier molecular flexibility index (Phi) is 4.26. The van der Waals surface area contributed by atoms with Gasteiger partial charge in [0.15, 0.2) is 5.78 Å². The first-order chi connectivity index (χ1) is 6.65. The van der Waals surface area contributed by atoms with Crippen molar-refractivity contribution in [3.63, 3.8) is 0 Å².